The Morgan fingerprint density at radius 2 is 1.88 bits per heavy atom. The first-order valence-corrected chi connectivity index (χ1v) is 8.43. The molecule has 1 N–H and O–H groups in total. The second-order valence-corrected chi connectivity index (χ2v) is 6.02. The van der Waals surface area contributed by atoms with Crippen LogP contribution in [0.1, 0.15) is 51.6 Å². The number of aryl methyl sites for hydroxylation is 3. The number of nitrogens with one attached hydrogen (secondary N) is 1. The number of esters is 1. The molecule has 26 heavy (non-hydrogen) atoms. The lowest BCUT2D eigenvalue weighted by Gasteiger charge is -2.08. The summed E-state index contributed by atoms with van der Waals surface area (Å²) in [5.41, 5.74) is 2.92. The molecule has 0 saturated heterocycles. The summed E-state index contributed by atoms with van der Waals surface area (Å²) >= 11 is 0. The second-order valence-electron chi connectivity index (χ2n) is 6.02. The van der Waals surface area contributed by atoms with E-state index in [9.17, 15) is 14.4 Å². The van der Waals surface area contributed by atoms with E-state index < -0.39 is 5.97 Å². The van der Waals surface area contributed by atoms with Crippen LogP contribution in [0.25, 0.3) is 0 Å². The number of amides is 1. The summed E-state index contributed by atoms with van der Waals surface area (Å²) in [4.78, 5) is 36.4. The summed E-state index contributed by atoms with van der Waals surface area (Å²) in [5.74, 6) is -0.760. The van der Waals surface area contributed by atoms with Gasteiger partial charge in [0.05, 0.1) is 12.8 Å². The van der Waals surface area contributed by atoms with Crippen molar-refractivity contribution in [1.29, 1.82) is 0 Å². The molecule has 0 aliphatic heterocycles. The number of aromatic nitrogens is 2. The summed E-state index contributed by atoms with van der Waals surface area (Å²) < 4.78 is 6.33. The highest BCUT2D eigenvalue weighted by molar-refractivity contribution is 6.02. The molecule has 1 amide bonds. The Morgan fingerprint density at radius 1 is 1.15 bits per heavy atom. The Balaban J connectivity index is 1.99. The molecule has 1 heterocycles. The van der Waals surface area contributed by atoms with Gasteiger partial charge in [0.2, 0.25) is 5.91 Å². The number of ether oxygens (including phenoxy) is 1. The highest BCUT2D eigenvalue weighted by atomic mass is 16.5. The molecule has 2 aromatic rings. The van der Waals surface area contributed by atoms with Gasteiger partial charge in [-0.2, -0.15) is 5.10 Å². The van der Waals surface area contributed by atoms with Gasteiger partial charge in [-0.25, -0.2) is 4.79 Å². The van der Waals surface area contributed by atoms with Crippen LogP contribution in [0.5, 0.6) is 0 Å². The maximum atomic E-state index is 12.3. The molecule has 0 unspecified atom stereocenters. The first kappa shape index (κ1) is 19.4. The number of hydrogen-bond donors (Lipinski definition) is 1. The number of Topliss-reactive ketones (excluding diaryl/α,β-unsaturated/α-hetero) is 1. The molecule has 1 aromatic heterocycles. The maximum Gasteiger partial charge on any atom is 0.343 e. The van der Waals surface area contributed by atoms with Crippen molar-refractivity contribution in [3.8, 4) is 0 Å². The minimum Gasteiger partial charge on any atom is -0.462 e. The fraction of sp³-hybridized carbons (Fsp3) is 0.368. The van der Waals surface area contributed by atoms with Crippen molar-refractivity contribution in [3.05, 3.63) is 46.6 Å². The maximum absolute atomic E-state index is 12.3. The molecule has 7 heteroatoms. The highest BCUT2D eigenvalue weighted by Crippen LogP contribution is 2.17. The molecule has 0 fully saturated rings. The van der Waals surface area contributed by atoms with Crippen molar-refractivity contribution in [1.82, 2.24) is 9.78 Å². The minimum atomic E-state index is -0.554. The number of nitrogens with zero attached hydrogens (tertiary/aromatic N) is 2. The van der Waals surface area contributed by atoms with E-state index in [1.54, 1.807) is 20.0 Å². The van der Waals surface area contributed by atoms with Gasteiger partial charge >= 0.3 is 5.97 Å². The third-order valence-electron chi connectivity index (χ3n) is 4.10. The van der Waals surface area contributed by atoms with Gasteiger partial charge in [-0.3, -0.25) is 14.3 Å². The molecule has 138 valence electrons. The molecule has 0 spiro atoms. The van der Waals surface area contributed by atoms with Crippen molar-refractivity contribution in [3.63, 3.8) is 0 Å². The Labute approximate surface area is 152 Å². The lowest BCUT2D eigenvalue weighted by atomic mass is 10.0. The molecule has 0 aliphatic carbocycles. The van der Waals surface area contributed by atoms with Crippen LogP contribution in [0.15, 0.2) is 24.4 Å². The molecular weight excluding hydrogens is 334 g/mol. The molecule has 2 rings (SSSR count). The van der Waals surface area contributed by atoms with Crippen molar-refractivity contribution >= 4 is 23.5 Å². The summed E-state index contributed by atoms with van der Waals surface area (Å²) in [6.45, 7) is 5.85. The Morgan fingerprint density at radius 3 is 2.54 bits per heavy atom. The standard InChI is InChI=1S/C19H23N3O4/c1-5-26-19(25)15-11-20-22(4)18(15)21-17(24)9-8-16(23)14-7-6-12(2)13(3)10-14/h6-7,10-11H,5,8-9H2,1-4H3,(H,21,24). The average molecular weight is 357 g/mol. The molecule has 0 aliphatic rings. The van der Waals surface area contributed by atoms with Crippen LogP contribution >= 0.6 is 0 Å². The molecule has 7 nitrogen and oxygen atoms in total. The predicted molar refractivity (Wildman–Crippen MR) is 97.3 cm³/mol. The zero-order valence-corrected chi connectivity index (χ0v) is 15.5. The number of anilines is 1. The topological polar surface area (TPSA) is 90.3 Å². The van der Waals surface area contributed by atoms with E-state index >= 15 is 0 Å². The van der Waals surface area contributed by atoms with Gasteiger partial charge in [-0.15, -0.1) is 0 Å². The van der Waals surface area contributed by atoms with E-state index in [1.165, 1.54) is 10.9 Å². The zero-order chi connectivity index (χ0) is 19.3. The summed E-state index contributed by atoms with van der Waals surface area (Å²) in [6.07, 6.45) is 1.44. The third kappa shape index (κ3) is 4.56. The number of carbonyl (C=O) groups excluding carboxylic acids is 3. The smallest absolute Gasteiger partial charge is 0.343 e. The summed E-state index contributed by atoms with van der Waals surface area (Å²) in [5, 5.41) is 6.60. The van der Waals surface area contributed by atoms with Crippen LogP contribution in [-0.4, -0.2) is 34.0 Å². The number of hydrogen-bond acceptors (Lipinski definition) is 5. The van der Waals surface area contributed by atoms with Gasteiger partial charge < -0.3 is 10.1 Å². The van der Waals surface area contributed by atoms with E-state index in [0.29, 0.717) is 5.56 Å². The SMILES string of the molecule is CCOC(=O)c1cnn(C)c1NC(=O)CCC(=O)c1ccc(C)c(C)c1. The summed E-state index contributed by atoms with van der Waals surface area (Å²) in [6, 6.07) is 5.49. The van der Waals surface area contributed by atoms with Gasteiger partial charge in [0.15, 0.2) is 5.78 Å². The second kappa shape index (κ2) is 8.42. The fourth-order valence-corrected chi connectivity index (χ4v) is 2.42. The monoisotopic (exact) mass is 357 g/mol. The van der Waals surface area contributed by atoms with E-state index in [0.717, 1.165) is 11.1 Å². The quantitative estimate of drug-likeness (QED) is 0.608. The first-order valence-electron chi connectivity index (χ1n) is 8.43. The van der Waals surface area contributed by atoms with E-state index in [-0.39, 0.29) is 42.5 Å². The van der Waals surface area contributed by atoms with Crippen LogP contribution in [0.3, 0.4) is 0 Å². The molecule has 0 saturated carbocycles. The lowest BCUT2D eigenvalue weighted by Crippen LogP contribution is -2.18. The van der Waals surface area contributed by atoms with Gasteiger partial charge in [-0.1, -0.05) is 12.1 Å². The van der Waals surface area contributed by atoms with Gasteiger partial charge in [0.1, 0.15) is 11.4 Å². The lowest BCUT2D eigenvalue weighted by molar-refractivity contribution is -0.116. The van der Waals surface area contributed by atoms with E-state index in [4.69, 9.17) is 4.74 Å². The Bertz CT molecular complexity index is 839. The summed E-state index contributed by atoms with van der Waals surface area (Å²) in [7, 11) is 1.61. The van der Waals surface area contributed by atoms with Crippen molar-refractivity contribution < 1.29 is 19.1 Å². The molecule has 0 atom stereocenters. The van der Waals surface area contributed by atoms with Crippen molar-refractivity contribution in [2.75, 3.05) is 11.9 Å². The average Bonchev–Trinajstić information content (AvgIpc) is 2.96. The van der Waals surface area contributed by atoms with Crippen LogP contribution in [-0.2, 0) is 16.6 Å². The number of benzene rings is 1. The van der Waals surface area contributed by atoms with Crippen LogP contribution < -0.4 is 5.32 Å². The highest BCUT2D eigenvalue weighted by Gasteiger charge is 2.19. The van der Waals surface area contributed by atoms with Crippen molar-refractivity contribution in [2.45, 2.75) is 33.6 Å². The molecule has 1 aromatic carbocycles. The first-order chi connectivity index (χ1) is 12.3. The Hall–Kier alpha value is -2.96. The predicted octanol–water partition coefficient (Wildman–Crippen LogP) is 2.82. The molecular formula is C19H23N3O4. The van der Waals surface area contributed by atoms with E-state index in [1.807, 2.05) is 26.0 Å². The van der Waals surface area contributed by atoms with Gasteiger partial charge in [0.25, 0.3) is 0 Å². The van der Waals surface area contributed by atoms with Crippen LogP contribution in [0.2, 0.25) is 0 Å². The normalized spacial score (nSPS) is 10.5. The minimum absolute atomic E-state index is 0.0131. The fourth-order valence-electron chi connectivity index (χ4n) is 2.42. The number of carbonyl (C=O) groups is 3. The van der Waals surface area contributed by atoms with Gasteiger partial charge in [0, 0.05) is 25.5 Å². The number of rotatable bonds is 7. The van der Waals surface area contributed by atoms with Gasteiger partial charge in [-0.05, 0) is 38.0 Å². The number of ketones is 1. The zero-order valence-electron chi connectivity index (χ0n) is 15.5. The van der Waals surface area contributed by atoms with Crippen molar-refractivity contribution in [2.24, 2.45) is 7.05 Å². The van der Waals surface area contributed by atoms with E-state index in [2.05, 4.69) is 10.4 Å². The molecule has 0 bridgehead atoms. The largest absolute Gasteiger partial charge is 0.462 e. The van der Waals surface area contributed by atoms with Crippen LogP contribution in [0.4, 0.5) is 5.82 Å². The Kier molecular flexibility index (Phi) is 6.27. The third-order valence-corrected chi connectivity index (χ3v) is 4.10. The molecule has 0 radical (unpaired) electrons. The van der Waals surface area contributed by atoms with Crippen LogP contribution in [0, 0.1) is 13.8 Å².